The van der Waals surface area contributed by atoms with E-state index in [0.717, 1.165) is 11.3 Å². The summed E-state index contributed by atoms with van der Waals surface area (Å²) >= 11 is 1.56. The van der Waals surface area contributed by atoms with Crippen LogP contribution in [0.3, 0.4) is 0 Å². The first-order chi connectivity index (χ1) is 12.5. The Labute approximate surface area is 155 Å². The number of ether oxygens (including phenoxy) is 1. The van der Waals surface area contributed by atoms with E-state index in [1.165, 1.54) is 0 Å². The van der Waals surface area contributed by atoms with Gasteiger partial charge in [0.25, 0.3) is 0 Å². The van der Waals surface area contributed by atoms with Gasteiger partial charge in [0, 0.05) is 19.7 Å². The van der Waals surface area contributed by atoms with Crippen LogP contribution >= 0.6 is 11.8 Å². The molecule has 10 heteroatoms. The number of hydrogen-bond donors (Lipinski definition) is 1. The Morgan fingerprint density at radius 1 is 1.15 bits per heavy atom. The Balaban J connectivity index is 1.62. The van der Waals surface area contributed by atoms with Crippen LogP contribution in [0.4, 0.5) is 11.9 Å². The average Bonchev–Trinajstić information content (AvgIpc) is 3.10. The van der Waals surface area contributed by atoms with E-state index < -0.39 is 0 Å². The maximum absolute atomic E-state index is 5.72. The third-order valence-electron chi connectivity index (χ3n) is 3.34. The van der Waals surface area contributed by atoms with Gasteiger partial charge in [-0.25, -0.2) is 0 Å². The molecule has 0 unspecified atom stereocenters. The SMILES string of the molecule is COc1cccc(-c2noc(CSCc3nc(N)nc(N(C)C)n3)n2)c1. The van der Waals surface area contributed by atoms with Crippen molar-refractivity contribution < 1.29 is 9.26 Å². The molecule has 2 aromatic heterocycles. The van der Waals surface area contributed by atoms with Crippen LogP contribution in [0.2, 0.25) is 0 Å². The normalized spacial score (nSPS) is 10.7. The molecule has 136 valence electrons. The largest absolute Gasteiger partial charge is 0.497 e. The number of nitrogens with two attached hydrogens (primary N) is 1. The van der Waals surface area contributed by atoms with Crippen molar-refractivity contribution in [2.45, 2.75) is 11.5 Å². The fourth-order valence-corrected chi connectivity index (χ4v) is 2.82. The predicted molar refractivity (Wildman–Crippen MR) is 99.9 cm³/mol. The van der Waals surface area contributed by atoms with E-state index in [-0.39, 0.29) is 5.95 Å². The molecule has 2 heterocycles. The van der Waals surface area contributed by atoms with Gasteiger partial charge in [-0.15, -0.1) is 11.8 Å². The van der Waals surface area contributed by atoms with Crippen molar-refractivity contribution in [3.63, 3.8) is 0 Å². The van der Waals surface area contributed by atoms with Crippen molar-refractivity contribution >= 4 is 23.7 Å². The summed E-state index contributed by atoms with van der Waals surface area (Å²) in [7, 11) is 5.32. The van der Waals surface area contributed by atoms with Crippen LogP contribution < -0.4 is 15.4 Å². The molecule has 1 aromatic carbocycles. The van der Waals surface area contributed by atoms with E-state index in [9.17, 15) is 0 Å². The lowest BCUT2D eigenvalue weighted by molar-refractivity contribution is 0.391. The van der Waals surface area contributed by atoms with Crippen molar-refractivity contribution in [3.8, 4) is 17.1 Å². The van der Waals surface area contributed by atoms with Crippen molar-refractivity contribution in [2.75, 3.05) is 31.8 Å². The molecular weight excluding hydrogens is 354 g/mol. The quantitative estimate of drug-likeness (QED) is 0.659. The number of anilines is 2. The monoisotopic (exact) mass is 373 g/mol. The molecule has 0 amide bonds. The van der Waals surface area contributed by atoms with Gasteiger partial charge >= 0.3 is 0 Å². The average molecular weight is 373 g/mol. The van der Waals surface area contributed by atoms with Crippen LogP contribution in [0.15, 0.2) is 28.8 Å². The van der Waals surface area contributed by atoms with Gasteiger partial charge in [0.2, 0.25) is 23.6 Å². The summed E-state index contributed by atoms with van der Waals surface area (Å²) in [5.74, 6) is 4.25. The minimum absolute atomic E-state index is 0.206. The first kappa shape index (κ1) is 17.9. The van der Waals surface area contributed by atoms with Gasteiger partial charge in [-0.1, -0.05) is 17.3 Å². The molecule has 9 nitrogen and oxygen atoms in total. The molecule has 0 saturated heterocycles. The molecule has 0 bridgehead atoms. The number of rotatable bonds is 7. The molecule has 0 aliphatic carbocycles. The summed E-state index contributed by atoms with van der Waals surface area (Å²) in [5.41, 5.74) is 6.56. The van der Waals surface area contributed by atoms with Crippen molar-refractivity contribution in [1.29, 1.82) is 0 Å². The van der Waals surface area contributed by atoms with Crippen LogP contribution in [0.5, 0.6) is 5.75 Å². The topological polar surface area (TPSA) is 116 Å². The summed E-state index contributed by atoms with van der Waals surface area (Å²) in [5, 5.41) is 4.02. The smallest absolute Gasteiger partial charge is 0.236 e. The fourth-order valence-electron chi connectivity index (χ4n) is 2.11. The molecule has 0 saturated carbocycles. The third-order valence-corrected chi connectivity index (χ3v) is 4.25. The van der Waals surface area contributed by atoms with Crippen molar-refractivity contribution in [1.82, 2.24) is 25.1 Å². The molecule has 0 radical (unpaired) electrons. The number of aromatic nitrogens is 5. The van der Waals surface area contributed by atoms with Crippen molar-refractivity contribution in [2.24, 2.45) is 0 Å². The van der Waals surface area contributed by atoms with Gasteiger partial charge in [-0.3, -0.25) is 0 Å². The Bertz CT molecular complexity index is 885. The minimum atomic E-state index is 0.206. The molecule has 0 spiro atoms. The predicted octanol–water partition coefficient (Wildman–Crippen LogP) is 2.01. The van der Waals surface area contributed by atoms with Gasteiger partial charge in [-0.2, -0.15) is 19.9 Å². The highest BCUT2D eigenvalue weighted by Gasteiger charge is 2.11. The molecule has 0 aliphatic rings. The Morgan fingerprint density at radius 3 is 2.77 bits per heavy atom. The van der Waals surface area contributed by atoms with Crippen LogP contribution in [0.1, 0.15) is 11.7 Å². The highest BCUT2D eigenvalue weighted by atomic mass is 32.2. The maximum atomic E-state index is 5.72. The van der Waals surface area contributed by atoms with Crippen LogP contribution in [0.25, 0.3) is 11.4 Å². The number of nitrogen functional groups attached to an aromatic ring is 1. The molecular formula is C16H19N7O2S. The zero-order chi connectivity index (χ0) is 18.5. The lowest BCUT2D eigenvalue weighted by atomic mass is 10.2. The number of thioether (sulfide) groups is 1. The van der Waals surface area contributed by atoms with Gasteiger partial charge in [-0.05, 0) is 12.1 Å². The summed E-state index contributed by atoms with van der Waals surface area (Å²) in [6.07, 6.45) is 0. The molecule has 0 fully saturated rings. The third kappa shape index (κ3) is 4.39. The second kappa shape index (κ2) is 8.00. The molecule has 3 rings (SSSR count). The van der Waals surface area contributed by atoms with Gasteiger partial charge in [0.05, 0.1) is 18.6 Å². The number of benzene rings is 1. The van der Waals surface area contributed by atoms with Gasteiger partial charge < -0.3 is 19.9 Å². The zero-order valence-electron chi connectivity index (χ0n) is 14.7. The molecule has 0 atom stereocenters. The minimum Gasteiger partial charge on any atom is -0.497 e. The lowest BCUT2D eigenvalue weighted by Crippen LogP contribution is -2.15. The summed E-state index contributed by atoms with van der Waals surface area (Å²) in [4.78, 5) is 18.8. The first-order valence-corrected chi connectivity index (χ1v) is 8.93. The van der Waals surface area contributed by atoms with E-state index >= 15 is 0 Å². The van der Waals surface area contributed by atoms with E-state index in [0.29, 0.717) is 35.0 Å². The Hall–Kier alpha value is -2.88. The summed E-state index contributed by atoms with van der Waals surface area (Å²) in [6.45, 7) is 0. The number of nitrogens with zero attached hydrogens (tertiary/aromatic N) is 6. The molecule has 2 N–H and O–H groups in total. The van der Waals surface area contributed by atoms with Crippen molar-refractivity contribution in [3.05, 3.63) is 36.0 Å². The fraction of sp³-hybridized carbons (Fsp3) is 0.312. The van der Waals surface area contributed by atoms with E-state index in [1.807, 2.05) is 38.4 Å². The first-order valence-electron chi connectivity index (χ1n) is 7.77. The highest BCUT2D eigenvalue weighted by molar-refractivity contribution is 7.97. The Morgan fingerprint density at radius 2 is 2.00 bits per heavy atom. The molecule has 3 aromatic rings. The van der Waals surface area contributed by atoms with Crippen LogP contribution in [-0.4, -0.2) is 46.3 Å². The summed E-state index contributed by atoms with van der Waals surface area (Å²) in [6, 6.07) is 7.51. The summed E-state index contributed by atoms with van der Waals surface area (Å²) < 4.78 is 10.5. The maximum Gasteiger partial charge on any atom is 0.236 e. The van der Waals surface area contributed by atoms with Crippen LogP contribution in [0, 0.1) is 0 Å². The highest BCUT2D eigenvalue weighted by Crippen LogP contribution is 2.23. The molecule has 0 aliphatic heterocycles. The van der Waals surface area contributed by atoms with E-state index in [4.69, 9.17) is 15.0 Å². The van der Waals surface area contributed by atoms with Gasteiger partial charge in [0.15, 0.2) is 0 Å². The molecule has 26 heavy (non-hydrogen) atoms. The van der Waals surface area contributed by atoms with E-state index in [1.54, 1.807) is 23.8 Å². The zero-order valence-corrected chi connectivity index (χ0v) is 15.5. The second-order valence-corrected chi connectivity index (χ2v) is 6.53. The number of hydrogen-bond acceptors (Lipinski definition) is 10. The van der Waals surface area contributed by atoms with E-state index in [2.05, 4.69) is 25.1 Å². The van der Waals surface area contributed by atoms with Crippen LogP contribution in [-0.2, 0) is 11.5 Å². The number of methoxy groups -OCH3 is 1. The standard InChI is InChI=1S/C16H19N7O2S/c1-23(2)16-19-12(18-15(17)21-16)8-26-9-13-20-14(22-25-13)10-5-4-6-11(7-10)24-3/h4-7H,8-9H2,1-3H3,(H2,17,18,19,21). The Kier molecular flexibility index (Phi) is 5.52. The second-order valence-electron chi connectivity index (χ2n) is 5.54. The van der Waals surface area contributed by atoms with Gasteiger partial charge in [0.1, 0.15) is 11.6 Å². The lowest BCUT2D eigenvalue weighted by Gasteiger charge is -2.10.